The van der Waals surface area contributed by atoms with Gasteiger partial charge in [-0.2, -0.15) is 0 Å². The van der Waals surface area contributed by atoms with Gasteiger partial charge in [-0.3, -0.25) is 0 Å². The van der Waals surface area contributed by atoms with Crippen LogP contribution in [0.25, 0.3) is 23.3 Å². The Balaban J connectivity index is 1.89. The zero-order chi connectivity index (χ0) is 25.1. The molecule has 0 radical (unpaired) electrons. The second kappa shape index (κ2) is 13.2. The zero-order valence-corrected chi connectivity index (χ0v) is 21.0. The van der Waals surface area contributed by atoms with Crippen LogP contribution in [0, 0.1) is 0 Å². The average molecular weight is 494 g/mol. The number of benzene rings is 3. The summed E-state index contributed by atoms with van der Waals surface area (Å²) in [6.07, 6.45) is 6.21. The van der Waals surface area contributed by atoms with Gasteiger partial charge in [0.1, 0.15) is 0 Å². The van der Waals surface area contributed by atoms with Gasteiger partial charge in [0.15, 0.2) is 9.84 Å². The molecule has 0 aliphatic rings. The third-order valence-electron chi connectivity index (χ3n) is 5.74. The van der Waals surface area contributed by atoms with Gasteiger partial charge in [0.2, 0.25) is 0 Å². The number of aliphatic hydroxyl groups is 2. The lowest BCUT2D eigenvalue weighted by Gasteiger charge is -2.12. The van der Waals surface area contributed by atoms with E-state index in [0.717, 1.165) is 35.2 Å². The van der Waals surface area contributed by atoms with Crippen molar-refractivity contribution in [1.29, 1.82) is 0 Å². The number of aliphatic hydroxyl groups excluding tert-OH is 2. The number of rotatable bonds is 13. The summed E-state index contributed by atoms with van der Waals surface area (Å²) in [5.41, 5.74) is 4.33. The highest BCUT2D eigenvalue weighted by atomic mass is 32.2. The predicted molar refractivity (Wildman–Crippen MR) is 145 cm³/mol. The Morgan fingerprint density at radius 2 is 1.54 bits per heavy atom. The van der Waals surface area contributed by atoms with Crippen LogP contribution in [0.15, 0.2) is 77.7 Å². The Kier molecular flexibility index (Phi) is 10.1. The van der Waals surface area contributed by atoms with Gasteiger partial charge in [-0.25, -0.2) is 8.42 Å². The average Bonchev–Trinajstić information content (AvgIpc) is 2.87. The van der Waals surface area contributed by atoms with E-state index in [1.807, 2.05) is 78.9 Å². The summed E-state index contributed by atoms with van der Waals surface area (Å²) in [6, 6.07) is 23.1. The molecule has 186 valence electrons. The molecule has 0 fully saturated rings. The highest BCUT2D eigenvalue weighted by Gasteiger charge is 2.19. The Bertz CT molecular complexity index is 1190. The van der Waals surface area contributed by atoms with Crippen molar-refractivity contribution in [1.82, 2.24) is 0 Å². The lowest BCUT2D eigenvalue weighted by Crippen LogP contribution is -2.15. The highest BCUT2D eigenvalue weighted by Crippen LogP contribution is 2.29. The lowest BCUT2D eigenvalue weighted by molar-refractivity contribution is 0.208. The Hall–Kier alpha value is -2.93. The van der Waals surface area contributed by atoms with Gasteiger partial charge in [-0.15, -0.1) is 0 Å². The van der Waals surface area contributed by atoms with Crippen LogP contribution in [-0.2, 0) is 9.84 Å². The van der Waals surface area contributed by atoms with E-state index in [4.69, 9.17) is 5.11 Å². The molecule has 6 heteroatoms. The van der Waals surface area contributed by atoms with Crippen molar-refractivity contribution in [2.75, 3.05) is 24.2 Å². The Morgan fingerprint density at radius 3 is 2.23 bits per heavy atom. The van der Waals surface area contributed by atoms with Gasteiger partial charge in [0.05, 0.1) is 16.8 Å². The third-order valence-corrected chi connectivity index (χ3v) is 7.59. The summed E-state index contributed by atoms with van der Waals surface area (Å²) in [6.45, 7) is 2.32. The summed E-state index contributed by atoms with van der Waals surface area (Å²) >= 11 is 0. The molecule has 1 unspecified atom stereocenters. The molecule has 3 rings (SSSR count). The fraction of sp³-hybridized carbons (Fsp3) is 0.310. The van der Waals surface area contributed by atoms with Gasteiger partial charge in [-0.1, -0.05) is 79.6 Å². The summed E-state index contributed by atoms with van der Waals surface area (Å²) in [4.78, 5) is 0.334. The molecule has 0 saturated heterocycles. The van der Waals surface area contributed by atoms with Crippen LogP contribution in [0.5, 0.6) is 0 Å². The number of hydrogen-bond donors (Lipinski definition) is 3. The number of anilines is 1. The molecule has 0 heterocycles. The maximum absolute atomic E-state index is 13.4. The van der Waals surface area contributed by atoms with Crippen molar-refractivity contribution in [3.63, 3.8) is 0 Å². The van der Waals surface area contributed by atoms with E-state index in [1.54, 1.807) is 13.0 Å². The van der Waals surface area contributed by atoms with Crippen molar-refractivity contribution in [2.24, 2.45) is 0 Å². The van der Waals surface area contributed by atoms with Crippen molar-refractivity contribution in [2.45, 2.75) is 43.6 Å². The SMILES string of the molecule is CC(O)CNc1ccc(-c2ccc(/C=C/c3ccccc3)c(S(=O)(=O)CCCCCCO)c2)cc1. The molecule has 0 bridgehead atoms. The van der Waals surface area contributed by atoms with E-state index in [0.29, 0.717) is 29.8 Å². The first-order valence-electron chi connectivity index (χ1n) is 12.1. The Morgan fingerprint density at radius 1 is 0.857 bits per heavy atom. The van der Waals surface area contributed by atoms with E-state index in [1.165, 1.54) is 0 Å². The molecule has 35 heavy (non-hydrogen) atoms. The maximum atomic E-state index is 13.4. The number of hydrogen-bond acceptors (Lipinski definition) is 5. The molecule has 0 aliphatic heterocycles. The molecule has 3 N–H and O–H groups in total. The van der Waals surface area contributed by atoms with Crippen LogP contribution < -0.4 is 5.32 Å². The zero-order valence-electron chi connectivity index (χ0n) is 20.2. The van der Waals surface area contributed by atoms with Crippen LogP contribution in [0.1, 0.15) is 43.7 Å². The lowest BCUT2D eigenvalue weighted by atomic mass is 10.0. The Labute approximate surface area is 209 Å². The van der Waals surface area contributed by atoms with Crippen LogP contribution in [0.2, 0.25) is 0 Å². The van der Waals surface area contributed by atoms with Crippen molar-refractivity contribution in [3.05, 3.63) is 83.9 Å². The van der Waals surface area contributed by atoms with Gasteiger partial charge >= 0.3 is 0 Å². The van der Waals surface area contributed by atoms with Gasteiger partial charge < -0.3 is 15.5 Å². The quantitative estimate of drug-likeness (QED) is 0.212. The first-order valence-corrected chi connectivity index (χ1v) is 13.8. The number of unbranched alkanes of at least 4 members (excludes halogenated alkanes) is 3. The summed E-state index contributed by atoms with van der Waals surface area (Å²) < 4.78 is 26.7. The molecule has 0 spiro atoms. The second-order valence-electron chi connectivity index (χ2n) is 8.76. The molecule has 0 aromatic heterocycles. The van der Waals surface area contributed by atoms with Gasteiger partial charge in [0.25, 0.3) is 0 Å². The standard InChI is InChI=1S/C29H35NO4S/c1-23(32)22-30-28-17-15-25(16-18-28)27-14-13-26(12-11-24-9-5-4-6-10-24)29(21-27)35(33,34)20-8-3-2-7-19-31/h4-6,9-18,21,23,30-32H,2-3,7-8,19-20,22H2,1H3/b12-11+. The molecular formula is C29H35NO4S. The van der Waals surface area contributed by atoms with Crippen LogP contribution >= 0.6 is 0 Å². The molecule has 0 aliphatic carbocycles. The summed E-state index contributed by atoms with van der Waals surface area (Å²) in [5.74, 6) is 0.0796. The van der Waals surface area contributed by atoms with Crippen LogP contribution in [-0.4, -0.2) is 43.6 Å². The third kappa shape index (κ3) is 8.35. The topological polar surface area (TPSA) is 86.6 Å². The minimum absolute atomic E-state index is 0.0796. The number of nitrogens with one attached hydrogen (secondary N) is 1. The van der Waals surface area contributed by atoms with Crippen LogP contribution in [0.4, 0.5) is 5.69 Å². The monoisotopic (exact) mass is 493 g/mol. The highest BCUT2D eigenvalue weighted by molar-refractivity contribution is 7.91. The van der Waals surface area contributed by atoms with Crippen molar-refractivity contribution >= 4 is 27.7 Å². The molecule has 3 aromatic carbocycles. The fourth-order valence-corrected chi connectivity index (χ4v) is 5.39. The molecule has 3 aromatic rings. The van der Waals surface area contributed by atoms with E-state index < -0.39 is 15.9 Å². The molecular weight excluding hydrogens is 458 g/mol. The second-order valence-corrected chi connectivity index (χ2v) is 10.8. The predicted octanol–water partition coefficient (Wildman–Crippen LogP) is 5.64. The largest absolute Gasteiger partial charge is 0.396 e. The summed E-state index contributed by atoms with van der Waals surface area (Å²) in [7, 11) is -3.49. The fourth-order valence-electron chi connectivity index (χ4n) is 3.78. The van der Waals surface area contributed by atoms with E-state index in [-0.39, 0.29) is 12.4 Å². The van der Waals surface area contributed by atoms with E-state index in [2.05, 4.69) is 5.32 Å². The van der Waals surface area contributed by atoms with Crippen molar-refractivity contribution in [3.8, 4) is 11.1 Å². The number of sulfone groups is 1. The minimum Gasteiger partial charge on any atom is -0.396 e. The molecule has 1 atom stereocenters. The van der Waals surface area contributed by atoms with E-state index >= 15 is 0 Å². The molecule has 0 amide bonds. The first kappa shape index (κ1) is 26.7. The smallest absolute Gasteiger partial charge is 0.178 e. The van der Waals surface area contributed by atoms with E-state index in [9.17, 15) is 13.5 Å². The summed E-state index contributed by atoms with van der Waals surface area (Å²) in [5, 5.41) is 21.6. The van der Waals surface area contributed by atoms with Gasteiger partial charge in [0, 0.05) is 18.8 Å². The molecule has 5 nitrogen and oxygen atoms in total. The normalized spacial score (nSPS) is 12.7. The maximum Gasteiger partial charge on any atom is 0.178 e. The first-order chi connectivity index (χ1) is 16.9. The minimum atomic E-state index is -3.49. The molecule has 0 saturated carbocycles. The van der Waals surface area contributed by atoms with Crippen molar-refractivity contribution < 1.29 is 18.6 Å². The van der Waals surface area contributed by atoms with Gasteiger partial charge in [-0.05, 0) is 60.2 Å². The van der Waals surface area contributed by atoms with Crippen LogP contribution in [0.3, 0.4) is 0 Å².